The van der Waals surface area contributed by atoms with Crippen molar-refractivity contribution in [2.45, 2.75) is 59.4 Å². The number of likely N-dealkylation sites (tertiary alicyclic amines) is 1. The first-order chi connectivity index (χ1) is 6.45. The van der Waals surface area contributed by atoms with E-state index in [9.17, 15) is 0 Å². The van der Waals surface area contributed by atoms with E-state index in [0.717, 1.165) is 11.8 Å². The Morgan fingerprint density at radius 1 is 1.29 bits per heavy atom. The van der Waals surface area contributed by atoms with Crippen molar-refractivity contribution in [1.29, 1.82) is 0 Å². The van der Waals surface area contributed by atoms with Crippen molar-refractivity contribution in [3.05, 3.63) is 0 Å². The van der Waals surface area contributed by atoms with Gasteiger partial charge in [0.15, 0.2) is 0 Å². The summed E-state index contributed by atoms with van der Waals surface area (Å²) in [6.07, 6.45) is 4.14. The van der Waals surface area contributed by atoms with Crippen molar-refractivity contribution < 1.29 is 0 Å². The zero-order valence-electron chi connectivity index (χ0n) is 10.6. The van der Waals surface area contributed by atoms with E-state index < -0.39 is 0 Å². The second-order valence-electron chi connectivity index (χ2n) is 5.93. The zero-order valence-corrected chi connectivity index (χ0v) is 10.6. The van der Waals surface area contributed by atoms with Crippen LogP contribution in [0.25, 0.3) is 0 Å². The molecule has 0 bridgehead atoms. The predicted molar refractivity (Wildman–Crippen MR) is 63.5 cm³/mol. The van der Waals surface area contributed by atoms with Gasteiger partial charge >= 0.3 is 0 Å². The van der Waals surface area contributed by atoms with E-state index in [2.05, 4.69) is 39.5 Å². The lowest BCUT2D eigenvalue weighted by Gasteiger charge is -2.44. The van der Waals surface area contributed by atoms with Crippen LogP contribution in [0.15, 0.2) is 0 Å². The summed E-state index contributed by atoms with van der Waals surface area (Å²) in [6.45, 7) is 14.4. The highest BCUT2D eigenvalue weighted by atomic mass is 15.2. The molecule has 1 nitrogen and oxygen atoms in total. The topological polar surface area (TPSA) is 3.24 Å². The molecule has 0 aromatic carbocycles. The Hall–Kier alpha value is -0.0400. The average Bonchev–Trinajstić information content (AvgIpc) is 2.07. The maximum atomic E-state index is 2.66. The average molecular weight is 197 g/mol. The third-order valence-corrected chi connectivity index (χ3v) is 3.72. The van der Waals surface area contributed by atoms with Crippen LogP contribution in [0.1, 0.15) is 53.9 Å². The summed E-state index contributed by atoms with van der Waals surface area (Å²) in [7, 11) is 0. The number of piperidine rings is 1. The minimum Gasteiger partial charge on any atom is -0.298 e. The molecule has 0 aromatic heterocycles. The Kier molecular flexibility index (Phi) is 4.00. The van der Waals surface area contributed by atoms with Crippen LogP contribution in [0.2, 0.25) is 0 Å². The van der Waals surface area contributed by atoms with E-state index in [1.165, 1.54) is 32.4 Å². The van der Waals surface area contributed by atoms with Crippen LogP contribution in [0.4, 0.5) is 0 Å². The Morgan fingerprint density at radius 2 is 1.93 bits per heavy atom. The summed E-state index contributed by atoms with van der Waals surface area (Å²) < 4.78 is 0. The van der Waals surface area contributed by atoms with Gasteiger partial charge in [-0.05, 0) is 52.0 Å². The predicted octanol–water partition coefficient (Wildman–Crippen LogP) is 3.54. The smallest absolute Gasteiger partial charge is 0.0125 e. The zero-order chi connectivity index (χ0) is 10.8. The molecule has 0 aliphatic carbocycles. The van der Waals surface area contributed by atoms with E-state index in [1.807, 2.05) is 0 Å². The second-order valence-corrected chi connectivity index (χ2v) is 5.93. The Bertz CT molecular complexity index is 169. The van der Waals surface area contributed by atoms with E-state index in [-0.39, 0.29) is 0 Å². The third-order valence-electron chi connectivity index (χ3n) is 3.72. The molecule has 1 aliphatic heterocycles. The SMILES string of the molecule is CCC[C@H]1CN(C(C)(C)C)CC[C@@H]1C. The van der Waals surface area contributed by atoms with E-state index in [1.54, 1.807) is 0 Å². The summed E-state index contributed by atoms with van der Waals surface area (Å²) >= 11 is 0. The van der Waals surface area contributed by atoms with Gasteiger partial charge in [0.1, 0.15) is 0 Å². The molecule has 0 spiro atoms. The largest absolute Gasteiger partial charge is 0.298 e. The number of hydrogen-bond acceptors (Lipinski definition) is 1. The molecular formula is C13H27N. The van der Waals surface area contributed by atoms with Gasteiger partial charge in [-0.25, -0.2) is 0 Å². The molecule has 1 saturated heterocycles. The summed E-state index contributed by atoms with van der Waals surface area (Å²) in [5.74, 6) is 1.88. The molecule has 1 aliphatic rings. The molecule has 1 fully saturated rings. The highest BCUT2D eigenvalue weighted by molar-refractivity contribution is 4.84. The second kappa shape index (κ2) is 4.65. The van der Waals surface area contributed by atoms with Gasteiger partial charge in [0.25, 0.3) is 0 Å². The van der Waals surface area contributed by atoms with E-state index in [4.69, 9.17) is 0 Å². The Balaban J connectivity index is 2.53. The molecule has 0 N–H and O–H groups in total. The molecule has 0 saturated carbocycles. The molecule has 2 atom stereocenters. The summed E-state index contributed by atoms with van der Waals surface area (Å²) in [6, 6.07) is 0. The van der Waals surface area contributed by atoms with Crippen LogP contribution in [0.5, 0.6) is 0 Å². The summed E-state index contributed by atoms with van der Waals surface area (Å²) in [4.78, 5) is 2.66. The van der Waals surface area contributed by atoms with Crippen molar-refractivity contribution in [2.24, 2.45) is 11.8 Å². The minimum atomic E-state index is 0.367. The van der Waals surface area contributed by atoms with Crippen molar-refractivity contribution in [1.82, 2.24) is 4.90 Å². The minimum absolute atomic E-state index is 0.367. The van der Waals surface area contributed by atoms with Crippen LogP contribution in [0, 0.1) is 11.8 Å². The van der Waals surface area contributed by atoms with Gasteiger partial charge in [0, 0.05) is 12.1 Å². The fourth-order valence-corrected chi connectivity index (χ4v) is 2.51. The van der Waals surface area contributed by atoms with Crippen molar-refractivity contribution in [2.75, 3.05) is 13.1 Å². The first-order valence-corrected chi connectivity index (χ1v) is 6.20. The van der Waals surface area contributed by atoms with Gasteiger partial charge in [0.05, 0.1) is 0 Å². The molecule has 14 heavy (non-hydrogen) atoms. The van der Waals surface area contributed by atoms with Gasteiger partial charge in [-0.3, -0.25) is 4.90 Å². The molecule has 1 rings (SSSR count). The van der Waals surface area contributed by atoms with Crippen LogP contribution in [-0.2, 0) is 0 Å². The number of hydrogen-bond donors (Lipinski definition) is 0. The fourth-order valence-electron chi connectivity index (χ4n) is 2.51. The van der Waals surface area contributed by atoms with Crippen LogP contribution in [0.3, 0.4) is 0 Å². The lowest BCUT2D eigenvalue weighted by molar-refractivity contribution is 0.0484. The molecule has 84 valence electrons. The molecule has 0 unspecified atom stereocenters. The molecule has 0 aromatic rings. The molecular weight excluding hydrogens is 170 g/mol. The third kappa shape index (κ3) is 2.98. The van der Waals surface area contributed by atoms with Crippen molar-refractivity contribution in [3.8, 4) is 0 Å². The Morgan fingerprint density at radius 3 is 2.43 bits per heavy atom. The van der Waals surface area contributed by atoms with E-state index in [0.29, 0.717) is 5.54 Å². The van der Waals surface area contributed by atoms with Gasteiger partial charge in [0.2, 0.25) is 0 Å². The fraction of sp³-hybridized carbons (Fsp3) is 1.00. The first kappa shape index (κ1) is 12.0. The highest BCUT2D eigenvalue weighted by Gasteiger charge is 2.30. The van der Waals surface area contributed by atoms with Gasteiger partial charge in [-0.15, -0.1) is 0 Å². The maximum Gasteiger partial charge on any atom is 0.0125 e. The first-order valence-electron chi connectivity index (χ1n) is 6.20. The number of nitrogens with zero attached hydrogens (tertiary/aromatic N) is 1. The van der Waals surface area contributed by atoms with E-state index >= 15 is 0 Å². The highest BCUT2D eigenvalue weighted by Crippen LogP contribution is 2.30. The molecule has 0 radical (unpaired) electrons. The molecule has 1 heteroatoms. The van der Waals surface area contributed by atoms with Crippen molar-refractivity contribution >= 4 is 0 Å². The lowest BCUT2D eigenvalue weighted by Crippen LogP contribution is -2.49. The molecule has 1 heterocycles. The van der Waals surface area contributed by atoms with Crippen LogP contribution in [-0.4, -0.2) is 23.5 Å². The quantitative estimate of drug-likeness (QED) is 0.654. The van der Waals surface area contributed by atoms with Crippen molar-refractivity contribution in [3.63, 3.8) is 0 Å². The van der Waals surface area contributed by atoms with Crippen LogP contribution < -0.4 is 0 Å². The normalized spacial score (nSPS) is 30.6. The monoisotopic (exact) mass is 197 g/mol. The molecule has 0 amide bonds. The lowest BCUT2D eigenvalue weighted by atomic mass is 9.82. The van der Waals surface area contributed by atoms with Gasteiger partial charge < -0.3 is 0 Å². The standard InChI is InChI=1S/C13H27N/c1-6-7-12-10-14(13(3,4)5)9-8-11(12)2/h11-12H,6-10H2,1-5H3/t11-,12-/m0/s1. The summed E-state index contributed by atoms with van der Waals surface area (Å²) in [5.41, 5.74) is 0.367. The van der Waals surface area contributed by atoms with Gasteiger partial charge in [-0.2, -0.15) is 0 Å². The number of rotatable bonds is 2. The maximum absolute atomic E-state index is 2.66. The van der Waals surface area contributed by atoms with Crippen LogP contribution >= 0.6 is 0 Å². The summed E-state index contributed by atoms with van der Waals surface area (Å²) in [5, 5.41) is 0. The van der Waals surface area contributed by atoms with Gasteiger partial charge in [-0.1, -0.05) is 20.3 Å². The Labute approximate surface area is 89.9 Å².